The molecule has 1 aliphatic rings. The van der Waals surface area contributed by atoms with Crippen LogP contribution in [0.25, 0.3) is 11.0 Å². The summed E-state index contributed by atoms with van der Waals surface area (Å²) in [6, 6.07) is 4.18. The van der Waals surface area contributed by atoms with E-state index in [-0.39, 0.29) is 0 Å². The Kier molecular flexibility index (Phi) is 3.38. The van der Waals surface area contributed by atoms with Gasteiger partial charge in [0.2, 0.25) is 0 Å². The first kappa shape index (κ1) is 13.5. The quantitative estimate of drug-likeness (QED) is 0.695. The van der Waals surface area contributed by atoms with E-state index in [4.69, 9.17) is 11.6 Å². The number of hydrogen-bond acceptors (Lipinski definition) is 5. The number of fused-ring (bicyclic) bond motifs is 1. The van der Waals surface area contributed by atoms with E-state index in [1.807, 2.05) is 17.1 Å². The fourth-order valence-electron chi connectivity index (χ4n) is 2.77. The van der Waals surface area contributed by atoms with Gasteiger partial charge in [-0.25, -0.2) is 15.0 Å². The van der Waals surface area contributed by atoms with Crippen molar-refractivity contribution in [1.82, 2.24) is 24.7 Å². The van der Waals surface area contributed by atoms with E-state index >= 15 is 0 Å². The molecule has 4 rings (SSSR count). The van der Waals surface area contributed by atoms with Crippen molar-refractivity contribution in [3.63, 3.8) is 0 Å². The Morgan fingerprint density at radius 3 is 2.68 bits per heavy atom. The highest BCUT2D eigenvalue weighted by molar-refractivity contribution is 6.33. The van der Waals surface area contributed by atoms with E-state index in [0.717, 1.165) is 29.9 Å². The lowest BCUT2D eigenvalue weighted by atomic mass is 10.3. The van der Waals surface area contributed by atoms with Crippen LogP contribution in [0.3, 0.4) is 0 Å². The first-order chi connectivity index (χ1) is 10.8. The van der Waals surface area contributed by atoms with Gasteiger partial charge in [0.05, 0.1) is 11.9 Å². The zero-order chi connectivity index (χ0) is 14.9. The van der Waals surface area contributed by atoms with Gasteiger partial charge in [-0.05, 0) is 24.5 Å². The molecule has 22 heavy (non-hydrogen) atoms. The van der Waals surface area contributed by atoms with Gasteiger partial charge in [0.15, 0.2) is 5.65 Å². The van der Waals surface area contributed by atoms with E-state index in [9.17, 15) is 0 Å². The molecule has 0 aliphatic carbocycles. The van der Waals surface area contributed by atoms with Gasteiger partial charge in [0.25, 0.3) is 0 Å². The molecule has 6 nitrogen and oxygen atoms in total. The molecule has 112 valence electrons. The van der Waals surface area contributed by atoms with Crippen molar-refractivity contribution < 1.29 is 0 Å². The van der Waals surface area contributed by atoms with Gasteiger partial charge in [0.1, 0.15) is 17.3 Å². The van der Waals surface area contributed by atoms with Crippen molar-refractivity contribution in [2.24, 2.45) is 0 Å². The number of aromatic nitrogens is 5. The molecular weight excluding hydrogens is 300 g/mol. The predicted molar refractivity (Wildman–Crippen MR) is 85.1 cm³/mol. The molecule has 0 amide bonds. The highest BCUT2D eigenvalue weighted by atomic mass is 35.5. The third-order valence-corrected chi connectivity index (χ3v) is 4.20. The second-order valence-electron chi connectivity index (χ2n) is 5.45. The summed E-state index contributed by atoms with van der Waals surface area (Å²) in [5, 5.41) is 5.61. The molecule has 3 aromatic heterocycles. The Hall–Kier alpha value is -2.21. The van der Waals surface area contributed by atoms with E-state index < -0.39 is 0 Å². The summed E-state index contributed by atoms with van der Waals surface area (Å²) in [6.45, 7) is 2.85. The first-order valence-electron chi connectivity index (χ1n) is 7.33. The maximum atomic E-state index is 6.04. The van der Waals surface area contributed by atoms with Crippen LogP contribution in [-0.2, 0) is 6.54 Å². The number of anilines is 1. The monoisotopic (exact) mass is 314 g/mol. The third-order valence-electron chi connectivity index (χ3n) is 3.90. The summed E-state index contributed by atoms with van der Waals surface area (Å²) < 4.78 is 1.82. The highest BCUT2D eigenvalue weighted by Crippen LogP contribution is 2.20. The minimum Gasteiger partial charge on any atom is -0.357 e. The smallest absolute Gasteiger partial charge is 0.185 e. The Labute approximate surface area is 132 Å². The average Bonchev–Trinajstić information content (AvgIpc) is 3.18. The lowest BCUT2D eigenvalue weighted by Crippen LogP contribution is -2.18. The van der Waals surface area contributed by atoms with Crippen LogP contribution in [0.1, 0.15) is 18.4 Å². The molecule has 3 aromatic rings. The van der Waals surface area contributed by atoms with Crippen LogP contribution in [-0.4, -0.2) is 37.8 Å². The molecule has 0 N–H and O–H groups in total. The Balaban J connectivity index is 1.55. The maximum Gasteiger partial charge on any atom is 0.185 e. The molecule has 1 saturated heterocycles. The molecule has 0 unspecified atom stereocenters. The Bertz CT molecular complexity index is 791. The van der Waals surface area contributed by atoms with Gasteiger partial charge < -0.3 is 4.90 Å². The minimum atomic E-state index is 0.429. The summed E-state index contributed by atoms with van der Waals surface area (Å²) in [6.07, 6.45) is 7.71. The molecule has 4 heterocycles. The summed E-state index contributed by atoms with van der Waals surface area (Å²) in [4.78, 5) is 15.0. The van der Waals surface area contributed by atoms with E-state index in [1.54, 1.807) is 0 Å². The van der Waals surface area contributed by atoms with Crippen LogP contribution in [0.5, 0.6) is 0 Å². The van der Waals surface area contributed by atoms with Crippen LogP contribution in [0.2, 0.25) is 5.15 Å². The number of hydrogen-bond donors (Lipinski definition) is 0. The molecule has 0 saturated carbocycles. The standard InChI is InChI=1S/C15H15ClN6/c16-14-12-9-22(20-15(12)19-10-18-14)8-11-3-4-13(17-7-11)21-5-1-2-6-21/h3-4,7,9-10H,1-2,5-6,8H2. The van der Waals surface area contributed by atoms with Crippen molar-refractivity contribution in [3.8, 4) is 0 Å². The molecular formula is C15H15ClN6. The van der Waals surface area contributed by atoms with Crippen molar-refractivity contribution in [2.45, 2.75) is 19.4 Å². The van der Waals surface area contributed by atoms with Crippen LogP contribution in [0.15, 0.2) is 30.9 Å². The molecule has 0 bridgehead atoms. The van der Waals surface area contributed by atoms with Gasteiger partial charge >= 0.3 is 0 Å². The SMILES string of the molecule is Clc1ncnc2nn(Cc3ccc(N4CCCC4)nc3)cc12. The number of nitrogens with zero attached hydrogens (tertiary/aromatic N) is 6. The maximum absolute atomic E-state index is 6.04. The molecule has 0 radical (unpaired) electrons. The van der Waals surface area contributed by atoms with E-state index in [1.165, 1.54) is 19.2 Å². The average molecular weight is 315 g/mol. The van der Waals surface area contributed by atoms with Crippen LogP contribution in [0, 0.1) is 0 Å². The van der Waals surface area contributed by atoms with Gasteiger partial charge in [-0.3, -0.25) is 4.68 Å². The van der Waals surface area contributed by atoms with E-state index in [2.05, 4.69) is 37.1 Å². The van der Waals surface area contributed by atoms with E-state index in [0.29, 0.717) is 17.3 Å². The lowest BCUT2D eigenvalue weighted by molar-refractivity contribution is 0.691. The lowest BCUT2D eigenvalue weighted by Gasteiger charge is -2.16. The second-order valence-corrected chi connectivity index (χ2v) is 5.81. The molecule has 0 atom stereocenters. The fourth-order valence-corrected chi connectivity index (χ4v) is 2.94. The summed E-state index contributed by atoms with van der Waals surface area (Å²) in [5.41, 5.74) is 1.71. The summed E-state index contributed by atoms with van der Waals surface area (Å²) in [7, 11) is 0. The zero-order valence-corrected chi connectivity index (χ0v) is 12.7. The zero-order valence-electron chi connectivity index (χ0n) is 12.0. The van der Waals surface area contributed by atoms with Crippen molar-refractivity contribution >= 4 is 28.5 Å². The third kappa shape index (κ3) is 2.50. The van der Waals surface area contributed by atoms with Crippen LogP contribution >= 0.6 is 11.6 Å². The van der Waals surface area contributed by atoms with Crippen molar-refractivity contribution in [2.75, 3.05) is 18.0 Å². The highest BCUT2D eigenvalue weighted by Gasteiger charge is 2.13. The predicted octanol–water partition coefficient (Wildman–Crippen LogP) is 2.52. The topological polar surface area (TPSA) is 59.7 Å². The Morgan fingerprint density at radius 2 is 1.95 bits per heavy atom. The van der Waals surface area contributed by atoms with Gasteiger partial charge in [-0.1, -0.05) is 17.7 Å². The van der Waals surface area contributed by atoms with Crippen molar-refractivity contribution in [1.29, 1.82) is 0 Å². The number of halogens is 1. The second kappa shape index (κ2) is 5.53. The normalized spacial score (nSPS) is 14.9. The molecule has 1 fully saturated rings. The molecule has 1 aliphatic heterocycles. The molecule has 7 heteroatoms. The van der Waals surface area contributed by atoms with Crippen LogP contribution < -0.4 is 4.90 Å². The van der Waals surface area contributed by atoms with Gasteiger partial charge in [-0.15, -0.1) is 0 Å². The molecule has 0 aromatic carbocycles. The fraction of sp³-hybridized carbons (Fsp3) is 0.333. The minimum absolute atomic E-state index is 0.429. The van der Waals surface area contributed by atoms with Crippen molar-refractivity contribution in [3.05, 3.63) is 41.6 Å². The Morgan fingerprint density at radius 1 is 1.09 bits per heavy atom. The van der Waals surface area contributed by atoms with Gasteiger partial charge in [-0.2, -0.15) is 5.10 Å². The molecule has 0 spiro atoms. The van der Waals surface area contributed by atoms with Crippen LogP contribution in [0.4, 0.5) is 5.82 Å². The first-order valence-corrected chi connectivity index (χ1v) is 7.71. The number of rotatable bonds is 3. The van der Waals surface area contributed by atoms with Gasteiger partial charge in [0, 0.05) is 25.5 Å². The summed E-state index contributed by atoms with van der Waals surface area (Å²) >= 11 is 6.04. The summed E-state index contributed by atoms with van der Waals surface area (Å²) in [5.74, 6) is 1.06. The largest absolute Gasteiger partial charge is 0.357 e. The number of pyridine rings is 1.